The van der Waals surface area contributed by atoms with Gasteiger partial charge in [0.2, 0.25) is 5.91 Å². The van der Waals surface area contributed by atoms with Gasteiger partial charge in [0.05, 0.1) is 33.3 Å². The summed E-state index contributed by atoms with van der Waals surface area (Å²) in [4.78, 5) is 37.2. The first-order valence-electron chi connectivity index (χ1n) is 7.95. The van der Waals surface area contributed by atoms with Gasteiger partial charge in [0.25, 0.3) is 5.91 Å². The molecular weight excluding hydrogens is 411 g/mol. The zero-order valence-electron chi connectivity index (χ0n) is 15.1. The second-order valence-corrected chi connectivity index (χ2v) is 7.76. The molecule has 0 spiro atoms. The molecule has 1 aromatic heterocycles. The Hall–Kier alpha value is -2.09. The van der Waals surface area contributed by atoms with Crippen molar-refractivity contribution in [2.75, 3.05) is 17.7 Å². The van der Waals surface area contributed by atoms with E-state index in [4.69, 9.17) is 27.9 Å². The quantitative estimate of drug-likeness (QED) is 0.656. The molecule has 0 unspecified atom stereocenters. The minimum atomic E-state index is -0.636. The summed E-state index contributed by atoms with van der Waals surface area (Å²) in [7, 11) is 1.24. The van der Waals surface area contributed by atoms with E-state index in [2.05, 4.69) is 10.6 Å². The third kappa shape index (κ3) is 4.61. The van der Waals surface area contributed by atoms with Crippen molar-refractivity contribution in [1.29, 1.82) is 0 Å². The molecule has 2 rings (SSSR count). The van der Waals surface area contributed by atoms with Crippen LogP contribution in [-0.4, -0.2) is 24.9 Å². The van der Waals surface area contributed by atoms with Crippen LogP contribution in [0, 0.1) is 12.8 Å². The van der Waals surface area contributed by atoms with Gasteiger partial charge in [-0.05, 0) is 24.6 Å². The number of hydrogen-bond acceptors (Lipinski definition) is 5. The van der Waals surface area contributed by atoms with Crippen LogP contribution in [0.25, 0.3) is 0 Å². The summed E-state index contributed by atoms with van der Waals surface area (Å²) in [5, 5.41) is 6.13. The van der Waals surface area contributed by atoms with Gasteiger partial charge in [-0.3, -0.25) is 9.59 Å². The number of rotatable bonds is 5. The van der Waals surface area contributed by atoms with Crippen LogP contribution < -0.4 is 10.6 Å². The molecule has 2 aromatic rings. The number of nitrogens with one attached hydrogen (secondary N) is 2. The lowest BCUT2D eigenvalue weighted by Crippen LogP contribution is -2.19. The van der Waals surface area contributed by atoms with E-state index in [-0.39, 0.29) is 32.3 Å². The average molecular weight is 429 g/mol. The zero-order chi connectivity index (χ0) is 20.3. The number of methoxy groups -OCH3 is 1. The van der Waals surface area contributed by atoms with Crippen molar-refractivity contribution in [3.8, 4) is 0 Å². The van der Waals surface area contributed by atoms with E-state index in [1.807, 2.05) is 0 Å². The maximum absolute atomic E-state index is 12.7. The number of thiophene rings is 1. The summed E-state index contributed by atoms with van der Waals surface area (Å²) in [5.74, 6) is -1.67. The molecule has 0 aliphatic carbocycles. The lowest BCUT2D eigenvalue weighted by atomic mass is 10.1. The Kier molecular flexibility index (Phi) is 6.86. The molecule has 0 saturated carbocycles. The molecule has 0 aliphatic rings. The number of amides is 2. The second kappa shape index (κ2) is 8.73. The van der Waals surface area contributed by atoms with E-state index in [0.29, 0.717) is 16.3 Å². The number of anilines is 2. The van der Waals surface area contributed by atoms with Crippen LogP contribution in [0.4, 0.5) is 10.7 Å². The number of carbonyl (C=O) groups is 3. The first-order valence-corrected chi connectivity index (χ1v) is 9.52. The standard InChI is InChI=1S/C18H18Cl2N2O4S/c1-8(2)15(23)22-17-12(18(25)26-4)9(3)14(27-17)16(24)21-11-7-5-6-10(19)13(11)20/h5-8H,1-4H3,(H,21,24)(H,22,23). The SMILES string of the molecule is COC(=O)c1c(NC(=O)C(C)C)sc(C(=O)Nc2cccc(Cl)c2Cl)c1C. The van der Waals surface area contributed by atoms with Crippen LogP contribution in [0.2, 0.25) is 10.0 Å². The van der Waals surface area contributed by atoms with Crippen molar-refractivity contribution >= 4 is 63.0 Å². The van der Waals surface area contributed by atoms with Gasteiger partial charge in [-0.15, -0.1) is 11.3 Å². The van der Waals surface area contributed by atoms with Crippen LogP contribution in [0.1, 0.15) is 39.4 Å². The molecule has 2 N–H and O–H groups in total. The third-order valence-corrected chi connectivity index (χ3v) is 5.73. The zero-order valence-corrected chi connectivity index (χ0v) is 17.4. The van der Waals surface area contributed by atoms with Crippen molar-refractivity contribution in [2.45, 2.75) is 20.8 Å². The molecule has 9 heteroatoms. The van der Waals surface area contributed by atoms with E-state index >= 15 is 0 Å². The van der Waals surface area contributed by atoms with E-state index in [9.17, 15) is 14.4 Å². The fraction of sp³-hybridized carbons (Fsp3) is 0.278. The third-order valence-electron chi connectivity index (χ3n) is 3.70. The van der Waals surface area contributed by atoms with Crippen molar-refractivity contribution in [3.63, 3.8) is 0 Å². The smallest absolute Gasteiger partial charge is 0.341 e. The van der Waals surface area contributed by atoms with Gasteiger partial charge >= 0.3 is 5.97 Å². The van der Waals surface area contributed by atoms with Crippen molar-refractivity contribution < 1.29 is 19.1 Å². The number of hydrogen-bond donors (Lipinski definition) is 2. The van der Waals surface area contributed by atoms with Gasteiger partial charge in [0, 0.05) is 5.92 Å². The fourth-order valence-corrected chi connectivity index (χ4v) is 3.64. The Bertz CT molecular complexity index is 909. The van der Waals surface area contributed by atoms with Crippen molar-refractivity contribution in [3.05, 3.63) is 44.2 Å². The highest BCUT2D eigenvalue weighted by molar-refractivity contribution is 7.19. The number of halogens is 2. The molecule has 2 amide bonds. The lowest BCUT2D eigenvalue weighted by Gasteiger charge is -2.08. The molecule has 1 aromatic carbocycles. The topological polar surface area (TPSA) is 84.5 Å². The van der Waals surface area contributed by atoms with Crippen LogP contribution in [0.5, 0.6) is 0 Å². The van der Waals surface area contributed by atoms with E-state index in [1.54, 1.807) is 39.0 Å². The van der Waals surface area contributed by atoms with Gasteiger partial charge in [-0.2, -0.15) is 0 Å². The summed E-state index contributed by atoms with van der Waals surface area (Å²) in [6, 6.07) is 4.86. The van der Waals surface area contributed by atoms with Crippen LogP contribution in [-0.2, 0) is 9.53 Å². The Morgan fingerprint density at radius 3 is 2.41 bits per heavy atom. The Labute approximate surface area is 170 Å². The largest absolute Gasteiger partial charge is 0.465 e. The van der Waals surface area contributed by atoms with E-state index < -0.39 is 11.9 Å². The Morgan fingerprint density at radius 1 is 1.15 bits per heavy atom. The molecule has 0 bridgehead atoms. The summed E-state index contributed by atoms with van der Waals surface area (Å²) in [5.41, 5.74) is 0.898. The number of ether oxygens (including phenoxy) is 1. The molecule has 27 heavy (non-hydrogen) atoms. The van der Waals surface area contributed by atoms with Crippen molar-refractivity contribution in [2.24, 2.45) is 5.92 Å². The monoisotopic (exact) mass is 428 g/mol. The molecule has 1 heterocycles. The highest BCUT2D eigenvalue weighted by atomic mass is 35.5. The van der Waals surface area contributed by atoms with Gasteiger partial charge < -0.3 is 15.4 Å². The first-order chi connectivity index (χ1) is 12.7. The fourth-order valence-electron chi connectivity index (χ4n) is 2.20. The molecule has 6 nitrogen and oxygen atoms in total. The van der Waals surface area contributed by atoms with Crippen LogP contribution in [0.3, 0.4) is 0 Å². The normalized spacial score (nSPS) is 10.6. The van der Waals surface area contributed by atoms with E-state index in [1.165, 1.54) is 7.11 Å². The Morgan fingerprint density at radius 2 is 1.81 bits per heavy atom. The minimum absolute atomic E-state index is 0.152. The first kappa shape index (κ1) is 21.2. The summed E-state index contributed by atoms with van der Waals surface area (Å²) >= 11 is 13.1. The summed E-state index contributed by atoms with van der Waals surface area (Å²) in [6.07, 6.45) is 0. The maximum atomic E-state index is 12.7. The highest BCUT2D eigenvalue weighted by Gasteiger charge is 2.27. The van der Waals surface area contributed by atoms with E-state index in [0.717, 1.165) is 11.3 Å². The predicted molar refractivity (Wildman–Crippen MR) is 108 cm³/mol. The van der Waals surface area contributed by atoms with Gasteiger partial charge in [-0.1, -0.05) is 43.1 Å². The average Bonchev–Trinajstić information content (AvgIpc) is 2.94. The van der Waals surface area contributed by atoms with Crippen molar-refractivity contribution in [1.82, 2.24) is 0 Å². The molecule has 144 valence electrons. The highest BCUT2D eigenvalue weighted by Crippen LogP contribution is 2.36. The minimum Gasteiger partial charge on any atom is -0.465 e. The summed E-state index contributed by atoms with van der Waals surface area (Å²) < 4.78 is 4.79. The maximum Gasteiger partial charge on any atom is 0.341 e. The Balaban J connectivity index is 2.42. The number of esters is 1. The second-order valence-electron chi connectivity index (χ2n) is 5.95. The summed E-state index contributed by atoms with van der Waals surface area (Å²) in [6.45, 7) is 5.06. The molecule has 0 fully saturated rings. The van der Waals surface area contributed by atoms with Gasteiger partial charge in [0.1, 0.15) is 5.00 Å². The number of benzene rings is 1. The van der Waals surface area contributed by atoms with Crippen LogP contribution in [0.15, 0.2) is 18.2 Å². The van der Waals surface area contributed by atoms with Gasteiger partial charge in [-0.25, -0.2) is 4.79 Å². The molecular formula is C18H18Cl2N2O4S. The predicted octanol–water partition coefficient (Wildman–Crippen LogP) is 5.00. The lowest BCUT2D eigenvalue weighted by molar-refractivity contribution is -0.118. The molecule has 0 saturated heterocycles. The van der Waals surface area contributed by atoms with Gasteiger partial charge in [0.15, 0.2) is 0 Å². The molecule has 0 atom stereocenters. The molecule has 0 aliphatic heterocycles. The molecule has 0 radical (unpaired) electrons. The number of carbonyl (C=O) groups excluding carboxylic acids is 3. The van der Waals surface area contributed by atoms with Crippen LogP contribution >= 0.6 is 34.5 Å².